The number of piperazine rings is 1. The van der Waals surface area contributed by atoms with Crippen molar-refractivity contribution in [2.24, 2.45) is 0 Å². The highest BCUT2D eigenvalue weighted by Crippen LogP contribution is 2.32. The summed E-state index contributed by atoms with van der Waals surface area (Å²) < 4.78 is 5.95. The van der Waals surface area contributed by atoms with Gasteiger partial charge in [-0.3, -0.25) is 14.5 Å². The monoisotopic (exact) mass is 420 g/mol. The summed E-state index contributed by atoms with van der Waals surface area (Å²) in [6.07, 6.45) is 2.14. The molecule has 0 radical (unpaired) electrons. The number of amides is 2. The number of hydrogen-bond acceptors (Lipinski definition) is 5. The van der Waals surface area contributed by atoms with Crippen molar-refractivity contribution in [1.29, 1.82) is 0 Å². The number of ether oxygens (including phenoxy) is 1. The van der Waals surface area contributed by atoms with Crippen LogP contribution in [0.1, 0.15) is 18.9 Å². The summed E-state index contributed by atoms with van der Waals surface area (Å²) in [5, 5.41) is 0. The lowest BCUT2D eigenvalue weighted by atomic mass is 10.2. The third kappa shape index (κ3) is 5.12. The maximum Gasteiger partial charge on any atom is 0.266 e. The normalized spacial score (nSPS) is 19.6. The van der Waals surface area contributed by atoms with Gasteiger partial charge >= 0.3 is 0 Å². The van der Waals surface area contributed by atoms with Gasteiger partial charge in [-0.2, -0.15) is 0 Å². The van der Waals surface area contributed by atoms with Crippen molar-refractivity contribution in [2.75, 3.05) is 46.4 Å². The number of thiocarbonyl (C=S) groups is 1. The third-order valence-corrected chi connectivity index (χ3v) is 6.26. The van der Waals surface area contributed by atoms with Crippen LogP contribution in [0.2, 0.25) is 0 Å². The number of quaternary nitrogens is 1. The Kier molecular flexibility index (Phi) is 7.09. The number of carbonyl (C=O) groups is 2. The molecule has 2 amide bonds. The molecule has 1 aromatic carbocycles. The molecular formula is C20H26N3O3S2+. The van der Waals surface area contributed by atoms with Gasteiger partial charge in [-0.15, -0.1) is 0 Å². The average Bonchev–Trinajstić information content (AvgIpc) is 2.95. The Morgan fingerprint density at radius 3 is 2.61 bits per heavy atom. The fraction of sp³-hybridized carbons (Fsp3) is 0.450. The Labute approximate surface area is 175 Å². The number of likely N-dealkylation sites (N-methyl/N-ethyl adjacent to an activating group) is 1. The average molecular weight is 421 g/mol. The number of benzene rings is 1. The minimum absolute atomic E-state index is 0.0945. The van der Waals surface area contributed by atoms with Gasteiger partial charge in [-0.05, 0) is 30.7 Å². The minimum Gasteiger partial charge on any atom is -0.494 e. The molecule has 0 aliphatic carbocycles. The molecular weight excluding hydrogens is 394 g/mol. The zero-order valence-corrected chi connectivity index (χ0v) is 17.9. The van der Waals surface area contributed by atoms with Crippen molar-refractivity contribution in [3.8, 4) is 5.75 Å². The number of rotatable bonds is 6. The molecule has 8 heteroatoms. The predicted molar refractivity (Wildman–Crippen MR) is 115 cm³/mol. The zero-order valence-electron chi connectivity index (χ0n) is 16.3. The molecule has 2 fully saturated rings. The zero-order chi connectivity index (χ0) is 20.1. The summed E-state index contributed by atoms with van der Waals surface area (Å²) in [5.74, 6) is 0.771. The van der Waals surface area contributed by atoms with Crippen molar-refractivity contribution >= 4 is 46.2 Å². The van der Waals surface area contributed by atoms with Crippen LogP contribution in [0.15, 0.2) is 29.2 Å². The molecule has 0 saturated carbocycles. The van der Waals surface area contributed by atoms with Gasteiger partial charge in [0.1, 0.15) is 10.1 Å². The molecule has 1 N–H and O–H groups in total. The highest BCUT2D eigenvalue weighted by Gasteiger charge is 2.32. The Morgan fingerprint density at radius 2 is 1.96 bits per heavy atom. The molecule has 150 valence electrons. The molecule has 3 rings (SSSR count). The molecule has 2 aliphatic heterocycles. The van der Waals surface area contributed by atoms with Crippen LogP contribution < -0.4 is 9.64 Å². The van der Waals surface area contributed by atoms with Gasteiger partial charge in [0.15, 0.2) is 0 Å². The van der Waals surface area contributed by atoms with Gasteiger partial charge in [0.05, 0.1) is 44.7 Å². The van der Waals surface area contributed by atoms with E-state index in [0.29, 0.717) is 28.8 Å². The lowest BCUT2D eigenvalue weighted by molar-refractivity contribution is -0.883. The second-order valence-electron chi connectivity index (χ2n) is 6.92. The van der Waals surface area contributed by atoms with E-state index in [1.165, 1.54) is 16.7 Å². The van der Waals surface area contributed by atoms with Gasteiger partial charge in [0.25, 0.3) is 5.91 Å². The van der Waals surface area contributed by atoms with Crippen LogP contribution >= 0.6 is 24.0 Å². The fourth-order valence-electron chi connectivity index (χ4n) is 3.17. The van der Waals surface area contributed by atoms with E-state index in [2.05, 4.69) is 7.05 Å². The molecule has 2 heterocycles. The van der Waals surface area contributed by atoms with E-state index in [-0.39, 0.29) is 11.8 Å². The molecule has 0 unspecified atom stereocenters. The highest BCUT2D eigenvalue weighted by molar-refractivity contribution is 8.26. The summed E-state index contributed by atoms with van der Waals surface area (Å²) in [4.78, 5) is 30.6. The number of nitrogens with one attached hydrogen (secondary N) is 1. The summed E-state index contributed by atoms with van der Waals surface area (Å²) in [6.45, 7) is 6.39. The first-order valence-electron chi connectivity index (χ1n) is 9.55. The lowest BCUT2D eigenvalue weighted by Gasteiger charge is -2.30. The largest absolute Gasteiger partial charge is 0.494 e. The van der Waals surface area contributed by atoms with Gasteiger partial charge in [-0.1, -0.05) is 36.1 Å². The molecule has 0 aromatic heterocycles. The third-order valence-electron chi connectivity index (χ3n) is 4.88. The SMILES string of the molecule is CCOc1ccc(/C=C2\SC(=S)N(CCC(=O)N3CC[NH+](C)CC3)C2=O)cc1. The van der Waals surface area contributed by atoms with E-state index in [1.807, 2.05) is 42.2 Å². The maximum absolute atomic E-state index is 12.7. The molecule has 6 nitrogen and oxygen atoms in total. The number of carbonyl (C=O) groups excluding carboxylic acids is 2. The number of hydrogen-bond donors (Lipinski definition) is 1. The minimum atomic E-state index is -0.125. The van der Waals surface area contributed by atoms with Crippen LogP contribution in [0.5, 0.6) is 5.75 Å². The van der Waals surface area contributed by atoms with Crippen LogP contribution in [0.3, 0.4) is 0 Å². The predicted octanol–water partition coefficient (Wildman–Crippen LogP) is 1.03. The first-order chi connectivity index (χ1) is 13.5. The van der Waals surface area contributed by atoms with E-state index >= 15 is 0 Å². The molecule has 0 bridgehead atoms. The van der Waals surface area contributed by atoms with Gasteiger partial charge in [0, 0.05) is 13.0 Å². The fourth-order valence-corrected chi connectivity index (χ4v) is 4.48. The van der Waals surface area contributed by atoms with Crippen molar-refractivity contribution in [3.05, 3.63) is 34.7 Å². The summed E-state index contributed by atoms with van der Waals surface area (Å²) in [6, 6.07) is 7.59. The van der Waals surface area contributed by atoms with Crippen molar-refractivity contribution in [2.45, 2.75) is 13.3 Å². The maximum atomic E-state index is 12.7. The van der Waals surface area contributed by atoms with Crippen LogP contribution in [0, 0.1) is 0 Å². The first kappa shape index (κ1) is 20.8. The Balaban J connectivity index is 1.57. The van der Waals surface area contributed by atoms with E-state index in [0.717, 1.165) is 37.5 Å². The topological polar surface area (TPSA) is 54.3 Å². The van der Waals surface area contributed by atoms with E-state index in [9.17, 15) is 9.59 Å². The van der Waals surface area contributed by atoms with Crippen LogP contribution in [-0.2, 0) is 9.59 Å². The Bertz CT molecular complexity index is 771. The number of thioether (sulfide) groups is 1. The molecule has 0 spiro atoms. The highest BCUT2D eigenvalue weighted by atomic mass is 32.2. The standard InChI is InChI=1S/C20H25N3O3S2/c1-3-26-16-6-4-15(5-7-16)14-17-19(25)23(20(27)28-17)9-8-18(24)22-12-10-21(2)11-13-22/h4-7,14H,3,8-13H2,1-2H3/p+1/b17-14-. The summed E-state index contributed by atoms with van der Waals surface area (Å²) >= 11 is 6.66. The van der Waals surface area contributed by atoms with E-state index in [4.69, 9.17) is 17.0 Å². The van der Waals surface area contributed by atoms with Crippen LogP contribution in [0.25, 0.3) is 6.08 Å². The molecule has 1 aromatic rings. The second-order valence-corrected chi connectivity index (χ2v) is 8.60. The molecule has 28 heavy (non-hydrogen) atoms. The Morgan fingerprint density at radius 1 is 1.29 bits per heavy atom. The van der Waals surface area contributed by atoms with Crippen molar-refractivity contribution in [1.82, 2.24) is 9.80 Å². The van der Waals surface area contributed by atoms with Crippen LogP contribution in [0.4, 0.5) is 0 Å². The van der Waals surface area contributed by atoms with Gasteiger partial charge in [-0.25, -0.2) is 0 Å². The first-order valence-corrected chi connectivity index (χ1v) is 10.8. The molecule has 2 aliphatic rings. The summed E-state index contributed by atoms with van der Waals surface area (Å²) in [7, 11) is 2.14. The Hall–Kier alpha value is -1.90. The quantitative estimate of drug-likeness (QED) is 0.550. The van der Waals surface area contributed by atoms with Crippen molar-refractivity contribution in [3.63, 3.8) is 0 Å². The summed E-state index contributed by atoms with van der Waals surface area (Å²) in [5.41, 5.74) is 0.917. The van der Waals surface area contributed by atoms with Gasteiger partial charge < -0.3 is 14.5 Å². The lowest BCUT2D eigenvalue weighted by Crippen LogP contribution is -3.12. The van der Waals surface area contributed by atoms with Crippen molar-refractivity contribution < 1.29 is 19.2 Å². The van der Waals surface area contributed by atoms with E-state index in [1.54, 1.807) is 4.90 Å². The van der Waals surface area contributed by atoms with Crippen LogP contribution in [-0.4, -0.2) is 72.3 Å². The smallest absolute Gasteiger partial charge is 0.266 e. The van der Waals surface area contributed by atoms with Gasteiger partial charge in [0.2, 0.25) is 5.91 Å². The van der Waals surface area contributed by atoms with E-state index < -0.39 is 0 Å². The number of nitrogens with zero attached hydrogens (tertiary/aromatic N) is 2. The second kappa shape index (κ2) is 9.54. The molecule has 2 saturated heterocycles. The molecule has 0 atom stereocenters.